The van der Waals surface area contributed by atoms with Crippen LogP contribution in [0.5, 0.6) is 0 Å². The third-order valence-corrected chi connectivity index (χ3v) is 11.5. The van der Waals surface area contributed by atoms with Crippen molar-refractivity contribution in [2.24, 2.45) is 0 Å². The highest BCUT2D eigenvalue weighted by Gasteiger charge is 2.27. The molecular weight excluding hydrogens is 675 g/mol. The molecule has 0 spiro atoms. The van der Waals surface area contributed by atoms with E-state index >= 15 is 0 Å². The van der Waals surface area contributed by atoms with Crippen LogP contribution < -0.4 is 0 Å². The van der Waals surface area contributed by atoms with Gasteiger partial charge >= 0.3 is 0 Å². The summed E-state index contributed by atoms with van der Waals surface area (Å²) in [5.74, 6) is 1.80. The molecule has 55 heavy (non-hydrogen) atoms. The molecule has 0 unspecified atom stereocenters. The molecule has 0 N–H and O–H groups in total. The van der Waals surface area contributed by atoms with Crippen LogP contribution in [-0.2, 0) is 0 Å². The van der Waals surface area contributed by atoms with E-state index in [0.29, 0.717) is 17.6 Å². The number of fused-ring (bicyclic) bond motifs is 5. The van der Waals surface area contributed by atoms with Crippen LogP contribution in [0.15, 0.2) is 168 Å². The summed E-state index contributed by atoms with van der Waals surface area (Å²) in [4.78, 5) is 15.6. The average Bonchev–Trinajstić information content (AvgIpc) is 3.88. The Balaban J connectivity index is 1.11. The molecule has 0 amide bonds. The summed E-state index contributed by atoms with van der Waals surface area (Å²) in [7, 11) is 0. The topological polar surface area (TPSA) is 61.2 Å². The number of hydrogen-bond donors (Lipinski definition) is 0. The molecule has 0 aliphatic carbocycles. The normalized spacial score (nSPS) is 12.4. The van der Waals surface area contributed by atoms with Crippen LogP contribution in [0, 0.1) is 0 Å². The number of benzene rings is 8. The van der Waals surface area contributed by atoms with Gasteiger partial charge < -0.3 is 8.82 Å². The molecule has 0 bridgehead atoms. The van der Waals surface area contributed by atoms with E-state index in [1.165, 1.54) is 38.1 Å². The number of para-hydroxylation sites is 1. The molecule has 254 valence electrons. The Morgan fingerprint density at radius 1 is 0.382 bits per heavy atom. The lowest BCUT2D eigenvalue weighted by molar-refractivity contribution is 0.669. The number of aromatic nitrogens is 5. The zero-order valence-electron chi connectivity index (χ0n) is 29.2. The van der Waals surface area contributed by atoms with E-state index in [0.717, 1.165) is 66.0 Å². The second-order valence-electron chi connectivity index (χ2n) is 14.4. The summed E-state index contributed by atoms with van der Waals surface area (Å²) in [6.07, 6.45) is 0. The maximum Gasteiger partial charge on any atom is 0.238 e. The second kappa shape index (κ2) is 10.5. The summed E-state index contributed by atoms with van der Waals surface area (Å²) >= 11 is 0. The number of hydrogen-bond acceptors (Lipinski definition) is 4. The van der Waals surface area contributed by atoms with Gasteiger partial charge in [-0.25, -0.2) is 4.98 Å². The van der Waals surface area contributed by atoms with E-state index in [2.05, 4.69) is 155 Å². The summed E-state index contributed by atoms with van der Waals surface area (Å²) in [6.45, 7) is 0. The summed E-state index contributed by atoms with van der Waals surface area (Å²) in [5, 5.41) is 9.44. The zero-order chi connectivity index (χ0) is 35.8. The Kier molecular flexibility index (Phi) is 5.54. The summed E-state index contributed by atoms with van der Waals surface area (Å²) in [6, 6.07) is 57.6. The monoisotopic (exact) mass is 701 g/mol. The SMILES string of the molecule is c1ccc(-c2nc(-c3ccc(-c4cccc5ccccc45)cc3)nc(-n3c4ccc5oc6ccc7c8ccccc8n8c9cccc3c9c4c5c6c78)n2)cc1. The predicted octanol–water partition coefficient (Wildman–Crippen LogP) is 12.5. The number of rotatable bonds is 4. The maximum absolute atomic E-state index is 6.61. The van der Waals surface area contributed by atoms with Crippen molar-refractivity contribution in [3.8, 4) is 39.9 Å². The smallest absolute Gasteiger partial charge is 0.238 e. The van der Waals surface area contributed by atoms with Crippen molar-refractivity contribution in [3.05, 3.63) is 164 Å². The van der Waals surface area contributed by atoms with E-state index in [-0.39, 0.29) is 0 Å². The number of nitrogens with zero attached hydrogens (tertiary/aromatic N) is 5. The van der Waals surface area contributed by atoms with Crippen LogP contribution in [0.25, 0.3) is 122 Å². The van der Waals surface area contributed by atoms with Gasteiger partial charge in [-0.1, -0.05) is 121 Å². The van der Waals surface area contributed by atoms with Gasteiger partial charge in [0.1, 0.15) is 11.2 Å². The fraction of sp³-hybridized carbons (Fsp3) is 0. The minimum atomic E-state index is 0.564. The van der Waals surface area contributed by atoms with Gasteiger partial charge in [-0.05, 0) is 64.4 Å². The summed E-state index contributed by atoms with van der Waals surface area (Å²) < 4.78 is 11.3. The summed E-state index contributed by atoms with van der Waals surface area (Å²) in [5.41, 5.74) is 11.5. The van der Waals surface area contributed by atoms with E-state index in [9.17, 15) is 0 Å². The van der Waals surface area contributed by atoms with Gasteiger partial charge in [0, 0.05) is 38.1 Å². The molecular formula is C49H27N5O. The van der Waals surface area contributed by atoms with E-state index in [4.69, 9.17) is 19.4 Å². The predicted molar refractivity (Wildman–Crippen MR) is 224 cm³/mol. The van der Waals surface area contributed by atoms with Crippen LogP contribution in [0.2, 0.25) is 0 Å². The molecule has 0 fully saturated rings. The molecule has 0 saturated carbocycles. The fourth-order valence-electron chi connectivity index (χ4n) is 9.17. The van der Waals surface area contributed by atoms with Crippen molar-refractivity contribution in [2.45, 2.75) is 0 Å². The second-order valence-corrected chi connectivity index (χ2v) is 14.4. The van der Waals surface area contributed by atoms with E-state index < -0.39 is 0 Å². The molecule has 5 aromatic heterocycles. The Morgan fingerprint density at radius 3 is 1.89 bits per heavy atom. The van der Waals surface area contributed by atoms with E-state index in [1.54, 1.807) is 0 Å². The molecule has 13 aromatic rings. The quantitative estimate of drug-likeness (QED) is 0.183. The van der Waals surface area contributed by atoms with Gasteiger partial charge in [-0.2, -0.15) is 9.97 Å². The highest BCUT2D eigenvalue weighted by atomic mass is 16.3. The first-order valence-corrected chi connectivity index (χ1v) is 18.5. The van der Waals surface area contributed by atoms with Gasteiger partial charge in [0.15, 0.2) is 11.6 Å². The van der Waals surface area contributed by atoms with Gasteiger partial charge in [0.2, 0.25) is 5.95 Å². The fourth-order valence-corrected chi connectivity index (χ4v) is 9.17. The van der Waals surface area contributed by atoms with Crippen LogP contribution in [0.1, 0.15) is 0 Å². The molecule has 5 heterocycles. The van der Waals surface area contributed by atoms with Gasteiger partial charge in [0.05, 0.1) is 33.0 Å². The minimum absolute atomic E-state index is 0.564. The van der Waals surface area contributed by atoms with Crippen LogP contribution in [-0.4, -0.2) is 23.9 Å². The first kappa shape index (κ1) is 28.9. The Labute approximate surface area is 312 Å². The molecule has 6 nitrogen and oxygen atoms in total. The van der Waals surface area contributed by atoms with Gasteiger partial charge in [-0.15, -0.1) is 0 Å². The molecule has 0 aliphatic rings. The zero-order valence-corrected chi connectivity index (χ0v) is 29.2. The minimum Gasteiger partial charge on any atom is -0.456 e. The van der Waals surface area contributed by atoms with Crippen molar-refractivity contribution in [1.29, 1.82) is 0 Å². The van der Waals surface area contributed by atoms with Crippen molar-refractivity contribution in [3.63, 3.8) is 0 Å². The molecule has 0 atom stereocenters. The Morgan fingerprint density at radius 2 is 1.02 bits per heavy atom. The standard InChI is InChI=1S/C49H27N5O/c1-2-11-30(12-3-1)47-50-48(31-22-20-29(21-23-31)33-16-8-13-28-10-4-5-14-32(28)33)52-49(51-47)54-38-19-9-18-37-42(38)43-39(54)25-27-40-44(43)45-41(55-40)26-24-35-34-15-6-7-17-36(34)53(37)46(35)45/h1-27H. The van der Waals surface area contributed by atoms with Crippen LogP contribution in [0.3, 0.4) is 0 Å². The first-order valence-electron chi connectivity index (χ1n) is 18.5. The lowest BCUT2D eigenvalue weighted by Crippen LogP contribution is -2.06. The van der Waals surface area contributed by atoms with Crippen molar-refractivity contribution in [1.82, 2.24) is 23.9 Å². The third-order valence-electron chi connectivity index (χ3n) is 11.5. The molecule has 0 radical (unpaired) electrons. The van der Waals surface area contributed by atoms with Crippen molar-refractivity contribution >= 4 is 81.8 Å². The molecule has 13 rings (SSSR count). The maximum atomic E-state index is 6.61. The molecule has 0 aliphatic heterocycles. The molecule has 8 aromatic carbocycles. The Bertz CT molecular complexity index is 3640. The largest absolute Gasteiger partial charge is 0.456 e. The molecule has 6 heteroatoms. The van der Waals surface area contributed by atoms with Crippen molar-refractivity contribution < 1.29 is 4.42 Å². The third kappa shape index (κ3) is 3.84. The Hall–Kier alpha value is -7.57. The highest BCUT2D eigenvalue weighted by Crippen LogP contribution is 2.48. The first-order chi connectivity index (χ1) is 27.3. The van der Waals surface area contributed by atoms with E-state index in [1.807, 2.05) is 18.2 Å². The average molecular weight is 702 g/mol. The van der Waals surface area contributed by atoms with Crippen LogP contribution >= 0.6 is 0 Å². The number of furan rings is 1. The lowest BCUT2D eigenvalue weighted by atomic mass is 9.97. The lowest BCUT2D eigenvalue weighted by Gasteiger charge is -2.12. The van der Waals surface area contributed by atoms with Crippen molar-refractivity contribution in [2.75, 3.05) is 0 Å². The van der Waals surface area contributed by atoms with Gasteiger partial charge in [-0.3, -0.25) is 4.57 Å². The van der Waals surface area contributed by atoms with Crippen LogP contribution in [0.4, 0.5) is 0 Å². The molecule has 0 saturated heterocycles. The van der Waals surface area contributed by atoms with Gasteiger partial charge in [0.25, 0.3) is 0 Å². The highest BCUT2D eigenvalue weighted by molar-refractivity contribution is 6.37.